The first-order valence-electron chi connectivity index (χ1n) is 29.3. The van der Waals surface area contributed by atoms with Crippen LogP contribution in [-0.4, -0.2) is 74.3 Å². The lowest BCUT2D eigenvalue weighted by Crippen LogP contribution is -2.47. The van der Waals surface area contributed by atoms with E-state index in [2.05, 4.69) is 86.8 Å². The van der Waals surface area contributed by atoms with Crippen LogP contribution in [0, 0.1) is 0 Å². The van der Waals surface area contributed by atoms with Crippen LogP contribution in [-0.2, 0) is 27.9 Å². The van der Waals surface area contributed by atoms with Gasteiger partial charge in [0.15, 0.2) is 0 Å². The zero-order valence-corrected chi connectivity index (χ0v) is 47.8. The van der Waals surface area contributed by atoms with Crippen LogP contribution in [0.25, 0.3) is 0 Å². The van der Waals surface area contributed by atoms with Gasteiger partial charge in [-0.15, -0.1) is 0 Å². The lowest BCUT2D eigenvalue weighted by atomic mass is 10.1. The van der Waals surface area contributed by atoms with Gasteiger partial charge in [0.25, 0.3) is 0 Å². The molecule has 3 atom stereocenters. The Morgan fingerprint density at radius 2 is 0.859 bits per heavy atom. The number of nitrogens with zero attached hydrogens (tertiary/aromatic N) is 1. The van der Waals surface area contributed by atoms with Crippen LogP contribution in [0.5, 0.6) is 0 Å². The standard InChI is InChI=1S/C61H111N2O7P/c1-7-10-13-16-19-22-25-27-28-29-30-31-32-33-34-36-39-42-45-48-51-54-61(65)70-59(52-49-46-43-40-37-24-21-18-15-12-9-3)58(57-69-71(66,67)68-56-55-63(4,5)6)62-60(64)53-50-47-44-41-38-35-26-23-20-17-14-11-8-2/h19,22,27-28,30-31,33-35,38,49,52,58-59H,7-18,20-21,23-26,29,32,36-37,39-48,50-51,53-57H2,1-6H3,(H-,62,64,66,67)/p+1/b22-19-,28-27-,31-30-,34-33-,38-35-,52-49-. The fourth-order valence-electron chi connectivity index (χ4n) is 8.03. The van der Waals surface area contributed by atoms with Crippen molar-refractivity contribution in [3.05, 3.63) is 72.9 Å². The summed E-state index contributed by atoms with van der Waals surface area (Å²) in [6.45, 7) is 6.94. The number of amides is 1. The molecule has 0 aromatic carbocycles. The van der Waals surface area contributed by atoms with E-state index in [0.717, 1.165) is 103 Å². The summed E-state index contributed by atoms with van der Waals surface area (Å²) < 4.78 is 30.6. The molecular formula is C61H112N2O7P+. The van der Waals surface area contributed by atoms with Gasteiger partial charge in [-0.05, 0) is 102 Å². The fourth-order valence-corrected chi connectivity index (χ4v) is 8.77. The van der Waals surface area contributed by atoms with E-state index in [1.165, 1.54) is 109 Å². The minimum atomic E-state index is -4.45. The molecule has 2 N–H and O–H groups in total. The molecule has 0 aromatic rings. The number of allylic oxidation sites excluding steroid dienone is 11. The van der Waals surface area contributed by atoms with Crippen LogP contribution >= 0.6 is 7.82 Å². The molecule has 3 unspecified atom stereocenters. The van der Waals surface area contributed by atoms with E-state index in [1.807, 2.05) is 33.3 Å². The number of quaternary nitrogens is 1. The molecule has 0 aromatic heterocycles. The molecule has 0 fully saturated rings. The third-order valence-corrected chi connectivity index (χ3v) is 13.6. The molecule has 10 heteroatoms. The molecule has 0 heterocycles. The van der Waals surface area contributed by atoms with E-state index in [4.69, 9.17) is 13.8 Å². The lowest BCUT2D eigenvalue weighted by molar-refractivity contribution is -0.870. The summed E-state index contributed by atoms with van der Waals surface area (Å²) in [5.41, 5.74) is 0. The Morgan fingerprint density at radius 1 is 0.493 bits per heavy atom. The van der Waals surface area contributed by atoms with E-state index in [0.29, 0.717) is 23.9 Å². The van der Waals surface area contributed by atoms with Crippen LogP contribution in [0.2, 0.25) is 0 Å². The smallest absolute Gasteiger partial charge is 0.456 e. The third-order valence-electron chi connectivity index (χ3n) is 12.6. The summed E-state index contributed by atoms with van der Waals surface area (Å²) in [6, 6.07) is -0.865. The molecule has 0 saturated carbocycles. The van der Waals surface area contributed by atoms with Crippen LogP contribution in [0.1, 0.15) is 252 Å². The number of carbonyl (C=O) groups is 2. The van der Waals surface area contributed by atoms with Gasteiger partial charge in [-0.25, -0.2) is 4.57 Å². The zero-order chi connectivity index (χ0) is 52.2. The predicted octanol–water partition coefficient (Wildman–Crippen LogP) is 17.7. The Labute approximate surface area is 438 Å². The number of ether oxygens (including phenoxy) is 1. The summed E-state index contributed by atoms with van der Waals surface area (Å²) in [7, 11) is 1.47. The van der Waals surface area contributed by atoms with Crippen molar-refractivity contribution >= 4 is 19.7 Å². The second-order valence-electron chi connectivity index (χ2n) is 20.8. The second kappa shape index (κ2) is 51.0. The Bertz CT molecular complexity index is 1450. The quantitative estimate of drug-likeness (QED) is 0.0205. The molecule has 0 aliphatic heterocycles. The number of phosphoric ester groups is 1. The van der Waals surface area contributed by atoms with Crippen LogP contribution < -0.4 is 5.32 Å². The molecule has 71 heavy (non-hydrogen) atoms. The van der Waals surface area contributed by atoms with Gasteiger partial charge >= 0.3 is 13.8 Å². The van der Waals surface area contributed by atoms with Gasteiger partial charge in [0.1, 0.15) is 19.3 Å². The lowest BCUT2D eigenvalue weighted by Gasteiger charge is -2.27. The van der Waals surface area contributed by atoms with E-state index >= 15 is 0 Å². The number of rotatable bonds is 52. The van der Waals surface area contributed by atoms with E-state index < -0.39 is 20.0 Å². The molecule has 0 radical (unpaired) electrons. The number of nitrogens with one attached hydrogen (secondary N) is 1. The van der Waals surface area contributed by atoms with Crippen LogP contribution in [0.3, 0.4) is 0 Å². The maximum absolute atomic E-state index is 13.5. The first-order chi connectivity index (χ1) is 34.4. The summed E-state index contributed by atoms with van der Waals surface area (Å²) in [5, 5.41) is 3.03. The Kier molecular flexibility index (Phi) is 49.1. The van der Waals surface area contributed by atoms with Gasteiger partial charge < -0.3 is 19.4 Å². The number of carbonyl (C=O) groups excluding carboxylic acids is 2. The van der Waals surface area contributed by atoms with E-state index in [-0.39, 0.29) is 31.5 Å². The summed E-state index contributed by atoms with van der Waals surface area (Å²) in [4.78, 5) is 37.5. The van der Waals surface area contributed by atoms with Crippen molar-refractivity contribution in [1.82, 2.24) is 5.32 Å². The minimum absolute atomic E-state index is 0.0319. The molecule has 412 valence electrons. The number of phosphoric acid groups is 1. The van der Waals surface area contributed by atoms with Gasteiger partial charge in [0, 0.05) is 12.8 Å². The van der Waals surface area contributed by atoms with Crippen molar-refractivity contribution in [2.45, 2.75) is 264 Å². The topological polar surface area (TPSA) is 111 Å². The van der Waals surface area contributed by atoms with Gasteiger partial charge in [0.05, 0.1) is 33.8 Å². The maximum Gasteiger partial charge on any atom is 0.472 e. The molecule has 1 amide bonds. The molecular weight excluding hydrogens is 904 g/mol. The fraction of sp³-hybridized carbons (Fsp3) is 0.770. The first-order valence-corrected chi connectivity index (χ1v) is 30.8. The van der Waals surface area contributed by atoms with Crippen molar-refractivity contribution in [3.8, 4) is 0 Å². The Morgan fingerprint density at radius 3 is 1.34 bits per heavy atom. The van der Waals surface area contributed by atoms with E-state index in [1.54, 1.807) is 0 Å². The monoisotopic (exact) mass is 1020 g/mol. The number of unbranched alkanes of at least 4 members (excludes halogenated alkanes) is 26. The van der Waals surface area contributed by atoms with Gasteiger partial charge in [-0.2, -0.15) is 0 Å². The average molecular weight is 1020 g/mol. The second-order valence-corrected chi connectivity index (χ2v) is 22.3. The highest BCUT2D eigenvalue weighted by Gasteiger charge is 2.30. The average Bonchev–Trinajstić information content (AvgIpc) is 3.33. The normalized spacial score (nSPS) is 14.3. The molecule has 0 saturated heterocycles. The highest BCUT2D eigenvalue weighted by Crippen LogP contribution is 2.43. The number of esters is 1. The predicted molar refractivity (Wildman–Crippen MR) is 305 cm³/mol. The molecule has 0 aliphatic rings. The summed E-state index contributed by atoms with van der Waals surface area (Å²) in [6.07, 6.45) is 64.7. The number of hydrogen-bond acceptors (Lipinski definition) is 6. The first kappa shape index (κ1) is 68.5. The highest BCUT2D eigenvalue weighted by molar-refractivity contribution is 7.47. The van der Waals surface area contributed by atoms with E-state index in [9.17, 15) is 19.0 Å². The van der Waals surface area contributed by atoms with Gasteiger partial charge in [0.2, 0.25) is 5.91 Å². The van der Waals surface area contributed by atoms with Gasteiger partial charge in [-0.3, -0.25) is 18.6 Å². The zero-order valence-electron chi connectivity index (χ0n) is 47.0. The van der Waals surface area contributed by atoms with Gasteiger partial charge in [-0.1, -0.05) is 210 Å². The largest absolute Gasteiger partial charge is 0.472 e. The third kappa shape index (κ3) is 52.1. The maximum atomic E-state index is 13.5. The Hall–Kier alpha value is -2.55. The van der Waals surface area contributed by atoms with Crippen molar-refractivity contribution < 1.29 is 37.3 Å². The van der Waals surface area contributed by atoms with Crippen molar-refractivity contribution in [2.24, 2.45) is 0 Å². The molecule has 0 spiro atoms. The van der Waals surface area contributed by atoms with Crippen molar-refractivity contribution in [3.63, 3.8) is 0 Å². The summed E-state index contributed by atoms with van der Waals surface area (Å²) in [5.74, 6) is -0.547. The summed E-state index contributed by atoms with van der Waals surface area (Å²) >= 11 is 0. The number of hydrogen-bond donors (Lipinski definition) is 2. The SMILES string of the molecule is CCCCC/C=C\C/C=C\C/C=C\C/C=C\CCCCCCCC(=O)OC(/C=C\CCCCCCCCCCC)C(COP(=O)(O)OCC[N+](C)(C)C)NC(=O)CCCCC/C=C\CCCCCCCC. The molecule has 9 nitrogen and oxygen atoms in total. The van der Waals surface area contributed by atoms with Crippen LogP contribution in [0.4, 0.5) is 0 Å². The molecule has 0 bridgehead atoms. The minimum Gasteiger partial charge on any atom is -0.456 e. The number of likely N-dealkylation sites (N-methyl/N-ethyl adjacent to an activating group) is 1. The molecule has 0 aliphatic carbocycles. The van der Waals surface area contributed by atoms with Crippen molar-refractivity contribution in [1.29, 1.82) is 0 Å². The Balaban J connectivity index is 5.31. The van der Waals surface area contributed by atoms with Crippen molar-refractivity contribution in [2.75, 3.05) is 40.9 Å². The highest BCUT2D eigenvalue weighted by atomic mass is 31.2. The molecule has 0 rings (SSSR count). The van der Waals surface area contributed by atoms with Crippen LogP contribution in [0.15, 0.2) is 72.9 Å².